The Hall–Kier alpha value is -3.26. The first-order chi connectivity index (χ1) is 16.3. The highest BCUT2D eigenvalue weighted by atomic mass is 16.3. The molecule has 5 rings (SSSR count). The van der Waals surface area contributed by atoms with Gasteiger partial charge in [-0.25, -0.2) is 4.68 Å². The minimum absolute atomic E-state index is 0.105. The highest BCUT2D eigenvalue weighted by Gasteiger charge is 2.25. The first kappa shape index (κ1) is 21.6. The summed E-state index contributed by atoms with van der Waals surface area (Å²) in [4.78, 5) is 2.46. The molecule has 3 heterocycles. The van der Waals surface area contributed by atoms with Gasteiger partial charge >= 0.3 is 0 Å². The van der Waals surface area contributed by atoms with Gasteiger partial charge in [0.2, 0.25) is 0 Å². The number of nitrogens with one attached hydrogen (secondary N) is 1. The molecule has 2 aromatic carbocycles. The van der Waals surface area contributed by atoms with E-state index in [1.807, 2.05) is 39.8 Å². The Morgan fingerprint density at radius 3 is 2.52 bits per heavy atom. The van der Waals surface area contributed by atoms with Crippen LogP contribution < -0.4 is 5.32 Å². The first-order valence-corrected chi connectivity index (χ1v) is 11.5. The fourth-order valence-corrected chi connectivity index (χ4v) is 4.52. The number of fused-ring (bicyclic) bond motifs is 1. The lowest BCUT2D eigenvalue weighted by Gasteiger charge is -2.27. The van der Waals surface area contributed by atoms with Crippen molar-refractivity contribution in [3.8, 4) is 5.69 Å². The van der Waals surface area contributed by atoms with Crippen molar-refractivity contribution in [3.63, 3.8) is 0 Å². The van der Waals surface area contributed by atoms with Crippen molar-refractivity contribution < 1.29 is 5.11 Å². The lowest BCUT2D eigenvalue weighted by Crippen LogP contribution is -2.31. The average molecular weight is 443 g/mol. The maximum Gasteiger partial charge on any atom is 0.0810 e. The van der Waals surface area contributed by atoms with Crippen molar-refractivity contribution in [3.05, 3.63) is 101 Å². The van der Waals surface area contributed by atoms with Crippen LogP contribution in [0.1, 0.15) is 28.1 Å². The molecule has 2 N–H and O–H groups in total. The van der Waals surface area contributed by atoms with Crippen LogP contribution in [-0.4, -0.2) is 42.7 Å². The lowest BCUT2D eigenvalue weighted by molar-refractivity contribution is 0.236. The number of hydrogen-bond donors (Lipinski definition) is 2. The van der Waals surface area contributed by atoms with Gasteiger partial charge in [0, 0.05) is 62.2 Å². The molecule has 4 aromatic rings. The smallest absolute Gasteiger partial charge is 0.0810 e. The topological polar surface area (TPSA) is 71.1 Å². The zero-order valence-electron chi connectivity index (χ0n) is 18.8. The summed E-state index contributed by atoms with van der Waals surface area (Å²) in [6, 6.07) is 20.6. The van der Waals surface area contributed by atoms with Crippen molar-refractivity contribution in [2.45, 2.75) is 39.1 Å². The fraction of sp³-hybridized carbons (Fsp3) is 0.308. The summed E-state index contributed by atoms with van der Waals surface area (Å²) in [5.74, 6) is 0. The zero-order chi connectivity index (χ0) is 22.5. The quantitative estimate of drug-likeness (QED) is 0.417. The first-order valence-electron chi connectivity index (χ1n) is 11.5. The van der Waals surface area contributed by atoms with Crippen LogP contribution in [-0.2, 0) is 39.1 Å². The molecule has 0 atom stereocenters. The Kier molecular flexibility index (Phi) is 6.62. The van der Waals surface area contributed by atoms with Crippen LogP contribution in [0.5, 0.6) is 0 Å². The molecule has 2 aromatic heterocycles. The number of rotatable bonds is 9. The summed E-state index contributed by atoms with van der Waals surface area (Å²) >= 11 is 0. The predicted molar refractivity (Wildman–Crippen MR) is 128 cm³/mol. The van der Waals surface area contributed by atoms with Gasteiger partial charge in [-0.15, -0.1) is 0 Å². The number of aromatic nitrogens is 4. The summed E-state index contributed by atoms with van der Waals surface area (Å²) < 4.78 is 3.93. The Morgan fingerprint density at radius 2 is 1.73 bits per heavy atom. The molecule has 7 heteroatoms. The summed E-state index contributed by atoms with van der Waals surface area (Å²) in [7, 11) is 0. The molecule has 170 valence electrons. The van der Waals surface area contributed by atoms with Gasteiger partial charge in [-0.3, -0.25) is 9.58 Å². The maximum atomic E-state index is 9.50. The molecule has 0 radical (unpaired) electrons. The second-order valence-corrected chi connectivity index (χ2v) is 8.50. The van der Waals surface area contributed by atoms with Crippen LogP contribution in [0, 0.1) is 0 Å². The van der Waals surface area contributed by atoms with E-state index in [9.17, 15) is 5.11 Å². The zero-order valence-corrected chi connectivity index (χ0v) is 18.8. The third-order valence-corrected chi connectivity index (χ3v) is 6.14. The van der Waals surface area contributed by atoms with E-state index in [-0.39, 0.29) is 6.61 Å². The van der Waals surface area contributed by atoms with Crippen LogP contribution in [0.2, 0.25) is 0 Å². The number of benzene rings is 2. The Balaban J connectivity index is 1.27. The molecule has 1 aliphatic rings. The molecule has 0 amide bonds. The second kappa shape index (κ2) is 10.1. The van der Waals surface area contributed by atoms with Gasteiger partial charge in [0.25, 0.3) is 0 Å². The number of aliphatic hydroxyl groups is 1. The van der Waals surface area contributed by atoms with Gasteiger partial charge in [-0.1, -0.05) is 48.5 Å². The molecule has 0 aliphatic carbocycles. The standard InChI is InChI=1S/C26H30N6O/c33-14-13-31-26-11-12-30(18-22-16-28-32(19-22)23-9-5-2-6-10-23)20-24(26)25(29-31)17-27-15-21-7-3-1-4-8-21/h1-10,16,19,27,33H,11-15,17-18,20H2. The minimum Gasteiger partial charge on any atom is -0.394 e. The molecule has 1 aliphatic heterocycles. The Morgan fingerprint density at radius 1 is 0.939 bits per heavy atom. The number of para-hydroxylation sites is 1. The number of aliphatic hydroxyl groups excluding tert-OH is 1. The Labute approximate surface area is 194 Å². The van der Waals surface area contributed by atoms with Gasteiger partial charge in [-0.2, -0.15) is 10.2 Å². The van der Waals surface area contributed by atoms with Crippen molar-refractivity contribution in [2.24, 2.45) is 0 Å². The minimum atomic E-state index is 0.105. The maximum absolute atomic E-state index is 9.50. The summed E-state index contributed by atoms with van der Waals surface area (Å²) in [5.41, 5.74) is 7.18. The Bertz CT molecular complexity index is 1170. The lowest BCUT2D eigenvalue weighted by atomic mass is 10.0. The molecule has 0 saturated carbocycles. The van der Waals surface area contributed by atoms with E-state index in [2.05, 4.69) is 57.9 Å². The van der Waals surface area contributed by atoms with E-state index in [0.717, 1.165) is 50.5 Å². The highest BCUT2D eigenvalue weighted by Crippen LogP contribution is 2.24. The summed E-state index contributed by atoms with van der Waals surface area (Å²) in [5, 5.41) is 22.4. The monoisotopic (exact) mass is 442 g/mol. The van der Waals surface area contributed by atoms with Gasteiger partial charge < -0.3 is 10.4 Å². The van der Waals surface area contributed by atoms with Gasteiger partial charge in [0.05, 0.1) is 30.7 Å². The van der Waals surface area contributed by atoms with E-state index in [0.29, 0.717) is 6.54 Å². The van der Waals surface area contributed by atoms with E-state index in [1.54, 1.807) is 0 Å². The molecule has 0 bridgehead atoms. The molecular weight excluding hydrogens is 412 g/mol. The largest absolute Gasteiger partial charge is 0.394 e. The third kappa shape index (κ3) is 5.06. The fourth-order valence-electron chi connectivity index (χ4n) is 4.52. The summed E-state index contributed by atoms with van der Waals surface area (Å²) in [6.07, 6.45) is 5.01. The SMILES string of the molecule is OCCn1nc(CNCc2ccccc2)c2c1CCN(Cc1cnn(-c3ccccc3)c1)C2. The van der Waals surface area contributed by atoms with Crippen molar-refractivity contribution in [1.82, 2.24) is 29.8 Å². The van der Waals surface area contributed by atoms with Crippen molar-refractivity contribution >= 4 is 0 Å². The molecular formula is C26H30N6O. The number of nitrogens with zero attached hydrogens (tertiary/aromatic N) is 5. The third-order valence-electron chi connectivity index (χ3n) is 6.14. The van der Waals surface area contributed by atoms with Gasteiger partial charge in [0.15, 0.2) is 0 Å². The molecule has 0 spiro atoms. The van der Waals surface area contributed by atoms with E-state index in [4.69, 9.17) is 5.10 Å². The van der Waals surface area contributed by atoms with Crippen molar-refractivity contribution in [1.29, 1.82) is 0 Å². The predicted octanol–water partition coefficient (Wildman–Crippen LogP) is 2.91. The van der Waals surface area contributed by atoms with Crippen molar-refractivity contribution in [2.75, 3.05) is 13.2 Å². The van der Waals surface area contributed by atoms with Crippen LogP contribution in [0.15, 0.2) is 73.1 Å². The molecule has 0 fully saturated rings. The summed E-state index contributed by atoms with van der Waals surface area (Å²) in [6.45, 7) is 4.87. The number of hydrogen-bond acceptors (Lipinski definition) is 5. The molecule has 7 nitrogen and oxygen atoms in total. The molecule has 0 saturated heterocycles. The van der Waals surface area contributed by atoms with E-state index in [1.165, 1.54) is 22.4 Å². The van der Waals surface area contributed by atoms with Crippen LogP contribution >= 0.6 is 0 Å². The van der Waals surface area contributed by atoms with Crippen LogP contribution in [0.4, 0.5) is 0 Å². The second-order valence-electron chi connectivity index (χ2n) is 8.50. The van der Waals surface area contributed by atoms with Gasteiger partial charge in [0.1, 0.15) is 0 Å². The molecule has 0 unspecified atom stereocenters. The average Bonchev–Trinajstić information content (AvgIpc) is 3.46. The van der Waals surface area contributed by atoms with E-state index < -0.39 is 0 Å². The normalized spacial score (nSPS) is 13.8. The van der Waals surface area contributed by atoms with Crippen LogP contribution in [0.25, 0.3) is 5.69 Å². The van der Waals surface area contributed by atoms with Gasteiger partial charge in [-0.05, 0) is 17.7 Å². The molecule has 33 heavy (non-hydrogen) atoms. The van der Waals surface area contributed by atoms with Crippen LogP contribution in [0.3, 0.4) is 0 Å². The highest BCUT2D eigenvalue weighted by molar-refractivity contribution is 5.32. The van der Waals surface area contributed by atoms with E-state index >= 15 is 0 Å².